The number of hydrogen-bond donors (Lipinski definition) is 1. The van der Waals surface area contributed by atoms with E-state index >= 15 is 0 Å². The molecule has 0 bridgehead atoms. The molecule has 0 aromatic heterocycles. The van der Waals surface area contributed by atoms with Crippen LogP contribution in [-0.4, -0.2) is 30.4 Å². The lowest BCUT2D eigenvalue weighted by Crippen LogP contribution is -2.33. The second-order valence-corrected chi connectivity index (χ2v) is 6.28. The van der Waals surface area contributed by atoms with Gasteiger partial charge in [-0.1, -0.05) is 57.4 Å². The van der Waals surface area contributed by atoms with Crippen molar-refractivity contribution in [3.63, 3.8) is 0 Å². The Morgan fingerprint density at radius 3 is 2.29 bits per heavy atom. The SMILES string of the molecule is CCCCC1(C(CCC)COC(=O)OCC)C=CC(C(=O)O)C=C1. The molecule has 0 spiro atoms. The minimum atomic E-state index is -0.846. The summed E-state index contributed by atoms with van der Waals surface area (Å²) in [5, 5.41) is 9.17. The molecule has 0 radical (unpaired) electrons. The van der Waals surface area contributed by atoms with E-state index in [-0.39, 0.29) is 17.9 Å². The molecule has 1 atom stereocenters. The van der Waals surface area contributed by atoms with E-state index in [1.807, 2.05) is 12.2 Å². The van der Waals surface area contributed by atoms with Crippen LogP contribution in [0.5, 0.6) is 0 Å². The summed E-state index contributed by atoms with van der Waals surface area (Å²) in [6, 6.07) is 0. The summed E-state index contributed by atoms with van der Waals surface area (Å²) < 4.78 is 10.1. The molecule has 136 valence electrons. The maximum absolute atomic E-state index is 11.5. The molecule has 0 heterocycles. The average molecular weight is 338 g/mol. The molecule has 0 saturated heterocycles. The van der Waals surface area contributed by atoms with Gasteiger partial charge in [-0.2, -0.15) is 0 Å². The van der Waals surface area contributed by atoms with Crippen molar-refractivity contribution >= 4 is 12.1 Å². The summed E-state index contributed by atoms with van der Waals surface area (Å²) in [7, 11) is 0. The first-order valence-corrected chi connectivity index (χ1v) is 8.90. The van der Waals surface area contributed by atoms with Gasteiger partial charge in [0.2, 0.25) is 0 Å². The topological polar surface area (TPSA) is 72.8 Å². The highest BCUT2D eigenvalue weighted by atomic mass is 16.7. The van der Waals surface area contributed by atoms with E-state index in [1.54, 1.807) is 19.1 Å². The van der Waals surface area contributed by atoms with Crippen LogP contribution in [0.3, 0.4) is 0 Å². The van der Waals surface area contributed by atoms with Gasteiger partial charge in [0, 0.05) is 11.3 Å². The quantitative estimate of drug-likeness (QED) is 0.466. The molecule has 1 aliphatic rings. The van der Waals surface area contributed by atoms with Gasteiger partial charge in [0.05, 0.1) is 19.1 Å². The van der Waals surface area contributed by atoms with Crippen LogP contribution in [0.1, 0.15) is 52.9 Å². The van der Waals surface area contributed by atoms with E-state index in [0.29, 0.717) is 6.61 Å². The summed E-state index contributed by atoms with van der Waals surface area (Å²) in [5.41, 5.74) is -0.259. The third kappa shape index (κ3) is 5.69. The minimum absolute atomic E-state index is 0.112. The molecule has 5 heteroatoms. The number of carbonyl (C=O) groups is 2. The van der Waals surface area contributed by atoms with Gasteiger partial charge in [-0.05, 0) is 19.8 Å². The molecule has 1 rings (SSSR count). The first kappa shape index (κ1) is 20.3. The highest BCUT2D eigenvalue weighted by Gasteiger charge is 2.36. The third-order valence-electron chi connectivity index (χ3n) is 4.54. The van der Waals surface area contributed by atoms with Gasteiger partial charge < -0.3 is 14.6 Å². The minimum Gasteiger partial charge on any atom is -0.481 e. The molecule has 0 aromatic rings. The number of unbranched alkanes of at least 4 members (excludes halogenated alkanes) is 1. The number of carboxylic acids is 1. The third-order valence-corrected chi connectivity index (χ3v) is 4.54. The second kappa shape index (κ2) is 10.2. The van der Waals surface area contributed by atoms with E-state index in [2.05, 4.69) is 13.8 Å². The number of rotatable bonds is 10. The lowest BCUT2D eigenvalue weighted by molar-refractivity contribution is -0.138. The molecule has 0 amide bonds. The lowest BCUT2D eigenvalue weighted by Gasteiger charge is -2.38. The van der Waals surface area contributed by atoms with Crippen LogP contribution in [0.4, 0.5) is 4.79 Å². The molecule has 1 aliphatic carbocycles. The number of aliphatic carboxylic acids is 1. The molecular weight excluding hydrogens is 308 g/mol. The largest absolute Gasteiger partial charge is 0.508 e. The molecule has 0 saturated carbocycles. The fourth-order valence-electron chi connectivity index (χ4n) is 3.16. The molecule has 0 aromatic carbocycles. The average Bonchev–Trinajstić information content (AvgIpc) is 2.57. The van der Waals surface area contributed by atoms with E-state index in [9.17, 15) is 14.7 Å². The Bertz CT molecular complexity index is 452. The highest BCUT2D eigenvalue weighted by molar-refractivity contribution is 5.75. The van der Waals surface area contributed by atoms with E-state index in [0.717, 1.165) is 32.1 Å². The van der Waals surface area contributed by atoms with Crippen LogP contribution < -0.4 is 0 Å². The van der Waals surface area contributed by atoms with Crippen molar-refractivity contribution in [1.82, 2.24) is 0 Å². The number of carboxylic acid groups (broad SMARTS) is 1. The first-order chi connectivity index (χ1) is 11.5. The number of hydrogen-bond acceptors (Lipinski definition) is 4. The van der Waals surface area contributed by atoms with Gasteiger partial charge in [-0.25, -0.2) is 4.79 Å². The normalized spacial score (nSPS) is 23.7. The molecule has 1 N–H and O–H groups in total. The Labute approximate surface area is 144 Å². The fraction of sp³-hybridized carbons (Fsp3) is 0.684. The summed E-state index contributed by atoms with van der Waals surface area (Å²) in [4.78, 5) is 22.7. The Morgan fingerprint density at radius 2 is 1.79 bits per heavy atom. The maximum Gasteiger partial charge on any atom is 0.508 e. The van der Waals surface area contributed by atoms with Crippen LogP contribution in [0, 0.1) is 17.3 Å². The zero-order valence-electron chi connectivity index (χ0n) is 15.0. The van der Waals surface area contributed by atoms with Crippen molar-refractivity contribution in [3.8, 4) is 0 Å². The Hall–Kier alpha value is -1.78. The van der Waals surface area contributed by atoms with Crippen molar-refractivity contribution in [1.29, 1.82) is 0 Å². The van der Waals surface area contributed by atoms with E-state index in [4.69, 9.17) is 9.47 Å². The van der Waals surface area contributed by atoms with Gasteiger partial charge in [0.15, 0.2) is 0 Å². The lowest BCUT2D eigenvalue weighted by atomic mass is 9.67. The predicted octanol–water partition coefficient (Wildman–Crippen LogP) is 4.58. The van der Waals surface area contributed by atoms with Crippen molar-refractivity contribution in [3.05, 3.63) is 24.3 Å². The zero-order valence-corrected chi connectivity index (χ0v) is 15.0. The van der Waals surface area contributed by atoms with E-state index in [1.165, 1.54) is 0 Å². The standard InChI is InChI=1S/C19H30O5/c1-4-7-11-19(12-9-15(10-13-19)17(20)21)16(8-5-2)14-24-18(22)23-6-3/h9-10,12-13,15-16H,4-8,11,14H2,1-3H3,(H,20,21). The second-order valence-electron chi connectivity index (χ2n) is 6.28. The monoisotopic (exact) mass is 338 g/mol. The van der Waals surface area contributed by atoms with Crippen LogP contribution >= 0.6 is 0 Å². The van der Waals surface area contributed by atoms with Crippen molar-refractivity contribution in [2.45, 2.75) is 52.9 Å². The first-order valence-electron chi connectivity index (χ1n) is 8.90. The summed E-state index contributed by atoms with van der Waals surface area (Å²) >= 11 is 0. The van der Waals surface area contributed by atoms with Gasteiger partial charge >= 0.3 is 12.1 Å². The molecule has 0 aliphatic heterocycles. The van der Waals surface area contributed by atoms with Crippen molar-refractivity contribution in [2.24, 2.45) is 17.3 Å². The smallest absolute Gasteiger partial charge is 0.481 e. The highest BCUT2D eigenvalue weighted by Crippen LogP contribution is 2.42. The van der Waals surface area contributed by atoms with Crippen LogP contribution in [0.15, 0.2) is 24.3 Å². The number of carbonyl (C=O) groups excluding carboxylic acids is 1. The summed E-state index contributed by atoms with van der Waals surface area (Å²) in [6.07, 6.45) is 11.8. The Kier molecular flexibility index (Phi) is 8.58. The predicted molar refractivity (Wildman–Crippen MR) is 92.7 cm³/mol. The Morgan fingerprint density at radius 1 is 1.12 bits per heavy atom. The zero-order chi connectivity index (χ0) is 18.0. The molecule has 1 unspecified atom stereocenters. The van der Waals surface area contributed by atoms with Gasteiger partial charge in [0.1, 0.15) is 0 Å². The molecule has 24 heavy (non-hydrogen) atoms. The maximum atomic E-state index is 11.5. The van der Waals surface area contributed by atoms with Crippen molar-refractivity contribution in [2.75, 3.05) is 13.2 Å². The van der Waals surface area contributed by atoms with E-state index < -0.39 is 18.0 Å². The molecular formula is C19H30O5. The summed E-state index contributed by atoms with van der Waals surface area (Å²) in [6.45, 7) is 6.54. The van der Waals surface area contributed by atoms with Crippen molar-refractivity contribution < 1.29 is 24.2 Å². The molecule has 0 fully saturated rings. The fourth-order valence-corrected chi connectivity index (χ4v) is 3.16. The summed E-state index contributed by atoms with van der Waals surface area (Å²) in [5.74, 6) is -1.31. The van der Waals surface area contributed by atoms with Gasteiger partial charge in [-0.3, -0.25) is 4.79 Å². The van der Waals surface area contributed by atoms with Crippen LogP contribution in [0.25, 0.3) is 0 Å². The number of allylic oxidation sites excluding steroid dienone is 2. The van der Waals surface area contributed by atoms with Gasteiger partial charge in [-0.15, -0.1) is 0 Å². The van der Waals surface area contributed by atoms with Crippen LogP contribution in [0.2, 0.25) is 0 Å². The Balaban J connectivity index is 2.93. The van der Waals surface area contributed by atoms with Crippen LogP contribution in [-0.2, 0) is 14.3 Å². The van der Waals surface area contributed by atoms with Gasteiger partial charge in [0.25, 0.3) is 0 Å². The molecule has 5 nitrogen and oxygen atoms in total. The number of ether oxygens (including phenoxy) is 2.